The van der Waals surface area contributed by atoms with Crippen LogP contribution in [0, 0.1) is 0 Å². The van der Waals surface area contributed by atoms with Gasteiger partial charge in [-0.25, -0.2) is 4.79 Å². The monoisotopic (exact) mass is 526 g/mol. The Balaban J connectivity index is 1.26. The van der Waals surface area contributed by atoms with Crippen molar-refractivity contribution >= 4 is 39.2 Å². The zero-order chi connectivity index (χ0) is 23.7. The number of amides is 3. The van der Waals surface area contributed by atoms with E-state index in [-0.39, 0.29) is 18.0 Å². The molecule has 2 fully saturated rings. The van der Waals surface area contributed by atoms with E-state index in [0.717, 1.165) is 42.1 Å². The van der Waals surface area contributed by atoms with E-state index in [1.165, 1.54) is 24.0 Å². The summed E-state index contributed by atoms with van der Waals surface area (Å²) < 4.78 is 6.43. The van der Waals surface area contributed by atoms with Crippen molar-refractivity contribution in [1.82, 2.24) is 9.80 Å². The Morgan fingerprint density at radius 3 is 2.38 bits per heavy atom. The summed E-state index contributed by atoms with van der Waals surface area (Å²) in [6.07, 6.45) is 5.01. The smallest absolute Gasteiger partial charge is 0.322 e. The number of hydrogen-bond donors (Lipinski definition) is 2. The van der Waals surface area contributed by atoms with Crippen molar-refractivity contribution in [2.45, 2.75) is 50.3 Å². The van der Waals surface area contributed by atoms with Gasteiger partial charge in [-0.05, 0) is 73.2 Å². The van der Waals surface area contributed by atoms with E-state index >= 15 is 0 Å². The first-order valence-electron chi connectivity index (χ1n) is 12.0. The maximum atomic E-state index is 13.3. The minimum Gasteiger partial charge on any atom is -0.380 e. The van der Waals surface area contributed by atoms with E-state index in [1.54, 1.807) is 12.0 Å². The minimum absolute atomic E-state index is 0.174. The SMILES string of the molecule is COC1C[C@H](C(=O)Nc2ccc3c(c2)CCN(C2CC2)CC3)N(C(=O)Nc2ccc(Br)cc2)C1. The molecular weight excluding hydrogens is 496 g/mol. The third-order valence-electron chi connectivity index (χ3n) is 7.13. The molecule has 0 aromatic heterocycles. The average Bonchev–Trinajstić information content (AvgIpc) is 3.61. The zero-order valence-corrected chi connectivity index (χ0v) is 21.0. The first kappa shape index (κ1) is 23.3. The highest BCUT2D eigenvalue weighted by molar-refractivity contribution is 9.10. The summed E-state index contributed by atoms with van der Waals surface area (Å²) in [4.78, 5) is 30.5. The van der Waals surface area contributed by atoms with Crippen LogP contribution in [0.3, 0.4) is 0 Å². The lowest BCUT2D eigenvalue weighted by Gasteiger charge is -2.24. The van der Waals surface area contributed by atoms with Gasteiger partial charge >= 0.3 is 6.03 Å². The van der Waals surface area contributed by atoms with E-state index in [2.05, 4.69) is 43.6 Å². The molecule has 2 aromatic rings. The average molecular weight is 527 g/mol. The van der Waals surface area contributed by atoms with Crippen LogP contribution in [0.4, 0.5) is 16.2 Å². The van der Waals surface area contributed by atoms with Gasteiger partial charge in [0.15, 0.2) is 0 Å². The molecular formula is C26H31BrN4O3. The van der Waals surface area contributed by atoms with Gasteiger partial charge in [0, 0.05) is 55.1 Å². The van der Waals surface area contributed by atoms with Crippen molar-refractivity contribution in [3.8, 4) is 0 Å². The molecule has 0 radical (unpaired) electrons. The molecule has 1 saturated carbocycles. The van der Waals surface area contributed by atoms with Crippen LogP contribution in [-0.4, -0.2) is 66.7 Å². The molecule has 1 unspecified atom stereocenters. The number of halogens is 1. The Morgan fingerprint density at radius 1 is 0.971 bits per heavy atom. The van der Waals surface area contributed by atoms with Crippen molar-refractivity contribution in [3.63, 3.8) is 0 Å². The predicted molar refractivity (Wildman–Crippen MR) is 136 cm³/mol. The number of carbonyl (C=O) groups is 2. The summed E-state index contributed by atoms with van der Waals surface area (Å²) in [5.41, 5.74) is 4.15. The number of urea groups is 1. The number of carbonyl (C=O) groups excluding carboxylic acids is 2. The molecule has 0 bridgehead atoms. The molecule has 8 heteroatoms. The third-order valence-corrected chi connectivity index (χ3v) is 7.66. The van der Waals surface area contributed by atoms with Crippen LogP contribution >= 0.6 is 15.9 Å². The fourth-order valence-corrected chi connectivity index (χ4v) is 5.28. The van der Waals surface area contributed by atoms with Crippen LogP contribution in [0.2, 0.25) is 0 Å². The second-order valence-electron chi connectivity index (χ2n) is 9.44. The lowest BCUT2D eigenvalue weighted by atomic mass is 10.0. The highest BCUT2D eigenvalue weighted by atomic mass is 79.9. The number of rotatable bonds is 5. The summed E-state index contributed by atoms with van der Waals surface area (Å²) in [5, 5.41) is 5.96. The highest BCUT2D eigenvalue weighted by Gasteiger charge is 2.40. The van der Waals surface area contributed by atoms with E-state index < -0.39 is 6.04 Å². The van der Waals surface area contributed by atoms with Gasteiger partial charge in [0.25, 0.3) is 0 Å². The fraction of sp³-hybridized carbons (Fsp3) is 0.462. The van der Waals surface area contributed by atoms with Gasteiger partial charge in [0.1, 0.15) is 6.04 Å². The first-order valence-corrected chi connectivity index (χ1v) is 12.8. The maximum absolute atomic E-state index is 13.3. The number of methoxy groups -OCH3 is 1. The molecule has 3 amide bonds. The standard InChI is InChI=1S/C26H31BrN4O3/c1-34-23-15-24(31(16-23)26(33)29-20-6-3-19(27)4-7-20)25(32)28-21-5-2-17-10-12-30(22-8-9-22)13-11-18(17)14-21/h2-7,14,22-24H,8-13,15-16H2,1H3,(H,28,32)(H,29,33)/t23?,24-/m1/s1. The number of ether oxygens (including phenoxy) is 1. The van der Waals surface area contributed by atoms with Crippen LogP contribution < -0.4 is 10.6 Å². The van der Waals surface area contributed by atoms with Crippen molar-refractivity contribution in [1.29, 1.82) is 0 Å². The number of anilines is 2. The Hall–Kier alpha value is -2.42. The second-order valence-corrected chi connectivity index (χ2v) is 10.4. The fourth-order valence-electron chi connectivity index (χ4n) is 5.02. The van der Waals surface area contributed by atoms with Crippen LogP contribution in [0.25, 0.3) is 0 Å². The molecule has 2 aliphatic heterocycles. The second kappa shape index (κ2) is 10.1. The lowest BCUT2D eigenvalue weighted by Crippen LogP contribution is -2.45. The van der Waals surface area contributed by atoms with Crippen molar-refractivity contribution in [3.05, 3.63) is 58.1 Å². The third kappa shape index (κ3) is 5.29. The van der Waals surface area contributed by atoms with Gasteiger partial charge in [-0.15, -0.1) is 0 Å². The van der Waals surface area contributed by atoms with Crippen LogP contribution in [0.5, 0.6) is 0 Å². The summed E-state index contributed by atoms with van der Waals surface area (Å²) in [7, 11) is 1.62. The van der Waals surface area contributed by atoms with Crippen LogP contribution in [0.1, 0.15) is 30.4 Å². The van der Waals surface area contributed by atoms with Crippen LogP contribution in [-0.2, 0) is 22.4 Å². The molecule has 7 nitrogen and oxygen atoms in total. The van der Waals surface area contributed by atoms with E-state index in [1.807, 2.05) is 30.3 Å². The Morgan fingerprint density at radius 2 is 1.68 bits per heavy atom. The minimum atomic E-state index is -0.593. The summed E-state index contributed by atoms with van der Waals surface area (Å²) >= 11 is 3.40. The number of fused-ring (bicyclic) bond motifs is 1. The van der Waals surface area contributed by atoms with Crippen molar-refractivity contribution in [2.75, 3.05) is 37.4 Å². The quantitative estimate of drug-likeness (QED) is 0.609. The number of hydrogen-bond acceptors (Lipinski definition) is 4. The number of nitrogens with one attached hydrogen (secondary N) is 2. The van der Waals surface area contributed by atoms with Crippen LogP contribution in [0.15, 0.2) is 46.9 Å². The molecule has 34 heavy (non-hydrogen) atoms. The maximum Gasteiger partial charge on any atom is 0.322 e. The Kier molecular flexibility index (Phi) is 6.90. The molecule has 2 heterocycles. The highest BCUT2D eigenvalue weighted by Crippen LogP contribution is 2.30. The van der Waals surface area contributed by atoms with E-state index in [0.29, 0.717) is 18.7 Å². The van der Waals surface area contributed by atoms with Gasteiger partial charge in [0.05, 0.1) is 6.10 Å². The van der Waals surface area contributed by atoms with Gasteiger partial charge in [-0.2, -0.15) is 0 Å². The van der Waals surface area contributed by atoms with Gasteiger partial charge in [-0.3, -0.25) is 9.69 Å². The number of benzene rings is 2. The normalized spacial score (nSPS) is 22.7. The molecule has 180 valence electrons. The molecule has 2 atom stereocenters. The van der Waals surface area contributed by atoms with Gasteiger partial charge < -0.3 is 20.3 Å². The lowest BCUT2D eigenvalue weighted by molar-refractivity contribution is -0.119. The Labute approximate surface area is 209 Å². The van der Waals surface area contributed by atoms with E-state index in [4.69, 9.17) is 4.74 Å². The predicted octanol–water partition coefficient (Wildman–Crippen LogP) is 4.27. The summed E-state index contributed by atoms with van der Waals surface area (Å²) in [5.74, 6) is -0.182. The zero-order valence-electron chi connectivity index (χ0n) is 19.4. The molecule has 5 rings (SSSR count). The first-order chi connectivity index (χ1) is 16.5. The van der Waals surface area contributed by atoms with E-state index in [9.17, 15) is 9.59 Å². The number of likely N-dealkylation sites (tertiary alicyclic amines) is 1. The summed E-state index contributed by atoms with van der Waals surface area (Å²) in [6.45, 7) is 2.57. The summed E-state index contributed by atoms with van der Waals surface area (Å²) in [6, 6.07) is 13.5. The molecule has 0 spiro atoms. The van der Waals surface area contributed by atoms with Crippen molar-refractivity contribution < 1.29 is 14.3 Å². The van der Waals surface area contributed by atoms with Gasteiger partial charge in [-0.1, -0.05) is 22.0 Å². The molecule has 1 saturated heterocycles. The molecule has 2 aromatic carbocycles. The number of nitrogens with zero attached hydrogens (tertiary/aromatic N) is 2. The topological polar surface area (TPSA) is 73.9 Å². The largest absolute Gasteiger partial charge is 0.380 e. The Bertz CT molecular complexity index is 1060. The molecule has 2 N–H and O–H groups in total. The van der Waals surface area contributed by atoms with Gasteiger partial charge in [0.2, 0.25) is 5.91 Å². The van der Waals surface area contributed by atoms with Crippen molar-refractivity contribution in [2.24, 2.45) is 0 Å². The molecule has 1 aliphatic carbocycles. The molecule has 3 aliphatic rings.